The van der Waals surface area contributed by atoms with Crippen molar-refractivity contribution in [2.24, 2.45) is 0 Å². The topological polar surface area (TPSA) is 91.2 Å². The van der Waals surface area contributed by atoms with Gasteiger partial charge < -0.3 is 15.4 Å². The molecule has 6 nitrogen and oxygen atoms in total. The standard InChI is InChI=1S/C25H20ClN3O3/c1-17-6-4-8-20(12-17)28-24(30)16-32-21-9-5-7-18(14-21)13-19(15-27)25(31)29-23-11-3-2-10-22(23)26/h2-14H,16H2,1H3,(H,28,30)(H,29,31)/b19-13+. The van der Waals surface area contributed by atoms with E-state index in [1.54, 1.807) is 54.6 Å². The Balaban J connectivity index is 1.64. The molecule has 7 heteroatoms. The molecule has 0 aliphatic rings. The molecule has 3 aromatic rings. The van der Waals surface area contributed by atoms with E-state index < -0.39 is 5.91 Å². The fourth-order valence-electron chi connectivity index (χ4n) is 2.83. The molecule has 3 aromatic carbocycles. The molecular weight excluding hydrogens is 426 g/mol. The van der Waals surface area contributed by atoms with E-state index in [1.807, 2.05) is 31.2 Å². The summed E-state index contributed by atoms with van der Waals surface area (Å²) in [5.74, 6) is -0.445. The van der Waals surface area contributed by atoms with E-state index in [-0.39, 0.29) is 18.1 Å². The molecule has 0 spiro atoms. The van der Waals surface area contributed by atoms with Gasteiger partial charge in [-0.25, -0.2) is 0 Å². The van der Waals surface area contributed by atoms with Crippen LogP contribution in [0.3, 0.4) is 0 Å². The number of hydrogen-bond donors (Lipinski definition) is 2. The Morgan fingerprint density at radius 3 is 2.56 bits per heavy atom. The van der Waals surface area contributed by atoms with Gasteiger partial charge in [0.1, 0.15) is 17.4 Å². The fourth-order valence-corrected chi connectivity index (χ4v) is 3.01. The molecular formula is C25H20ClN3O3. The first-order valence-electron chi connectivity index (χ1n) is 9.71. The highest BCUT2D eigenvalue weighted by Crippen LogP contribution is 2.22. The van der Waals surface area contributed by atoms with E-state index in [1.165, 1.54) is 6.08 Å². The maximum Gasteiger partial charge on any atom is 0.266 e. The Morgan fingerprint density at radius 1 is 1.03 bits per heavy atom. The lowest BCUT2D eigenvalue weighted by Crippen LogP contribution is -2.20. The molecule has 0 radical (unpaired) electrons. The van der Waals surface area contributed by atoms with Crippen molar-refractivity contribution in [2.45, 2.75) is 6.92 Å². The Hall–Kier alpha value is -4.08. The van der Waals surface area contributed by atoms with Gasteiger partial charge in [0.05, 0.1) is 10.7 Å². The number of nitrogens with zero attached hydrogens (tertiary/aromatic N) is 1. The molecule has 3 rings (SSSR count). The third-order valence-electron chi connectivity index (χ3n) is 4.33. The lowest BCUT2D eigenvalue weighted by Gasteiger charge is -2.09. The molecule has 0 aliphatic carbocycles. The minimum absolute atomic E-state index is 0.0979. The second-order valence-electron chi connectivity index (χ2n) is 6.88. The first-order chi connectivity index (χ1) is 15.4. The highest BCUT2D eigenvalue weighted by Gasteiger charge is 2.11. The molecule has 0 fully saturated rings. The monoisotopic (exact) mass is 445 g/mol. The largest absolute Gasteiger partial charge is 0.484 e. The summed E-state index contributed by atoms with van der Waals surface area (Å²) in [6.45, 7) is 1.76. The number of hydrogen-bond acceptors (Lipinski definition) is 4. The summed E-state index contributed by atoms with van der Waals surface area (Å²) in [6, 6.07) is 22.9. The summed E-state index contributed by atoms with van der Waals surface area (Å²) in [5, 5.41) is 15.2. The molecule has 0 bridgehead atoms. The number of nitrogens with one attached hydrogen (secondary N) is 2. The Bertz CT molecular complexity index is 1210. The Morgan fingerprint density at radius 2 is 1.81 bits per heavy atom. The van der Waals surface area contributed by atoms with E-state index in [0.717, 1.165) is 5.56 Å². The van der Waals surface area contributed by atoms with Gasteiger partial charge in [0, 0.05) is 5.69 Å². The smallest absolute Gasteiger partial charge is 0.266 e. The van der Waals surface area contributed by atoms with Crippen molar-refractivity contribution in [1.82, 2.24) is 0 Å². The minimum Gasteiger partial charge on any atom is -0.484 e. The van der Waals surface area contributed by atoms with Gasteiger partial charge in [-0.3, -0.25) is 9.59 Å². The average molecular weight is 446 g/mol. The second-order valence-corrected chi connectivity index (χ2v) is 7.29. The van der Waals surface area contributed by atoms with Crippen LogP contribution in [-0.2, 0) is 9.59 Å². The van der Waals surface area contributed by atoms with Gasteiger partial charge >= 0.3 is 0 Å². The van der Waals surface area contributed by atoms with Crippen LogP contribution in [0, 0.1) is 18.3 Å². The number of amides is 2. The van der Waals surface area contributed by atoms with E-state index in [9.17, 15) is 14.9 Å². The van der Waals surface area contributed by atoms with Crippen molar-refractivity contribution in [3.05, 3.63) is 94.5 Å². The van der Waals surface area contributed by atoms with Crippen molar-refractivity contribution < 1.29 is 14.3 Å². The average Bonchev–Trinajstić information content (AvgIpc) is 2.78. The summed E-state index contributed by atoms with van der Waals surface area (Å²) < 4.78 is 5.56. The molecule has 0 heterocycles. The number of anilines is 2. The van der Waals surface area contributed by atoms with Crippen molar-refractivity contribution in [2.75, 3.05) is 17.2 Å². The predicted molar refractivity (Wildman–Crippen MR) is 125 cm³/mol. The van der Waals surface area contributed by atoms with Crippen LogP contribution in [-0.4, -0.2) is 18.4 Å². The van der Waals surface area contributed by atoms with Gasteiger partial charge in [0.25, 0.3) is 11.8 Å². The zero-order chi connectivity index (χ0) is 22.9. The number of rotatable bonds is 7. The van der Waals surface area contributed by atoms with Crippen molar-refractivity contribution >= 4 is 40.9 Å². The van der Waals surface area contributed by atoms with Crippen LogP contribution in [0.15, 0.2) is 78.4 Å². The molecule has 0 unspecified atom stereocenters. The van der Waals surface area contributed by atoms with Crippen LogP contribution < -0.4 is 15.4 Å². The van der Waals surface area contributed by atoms with Gasteiger partial charge in [-0.15, -0.1) is 0 Å². The summed E-state index contributed by atoms with van der Waals surface area (Å²) in [4.78, 5) is 24.6. The highest BCUT2D eigenvalue weighted by molar-refractivity contribution is 6.34. The summed E-state index contributed by atoms with van der Waals surface area (Å²) in [5.41, 5.74) is 2.62. The number of aryl methyl sites for hydroxylation is 1. The molecule has 0 saturated heterocycles. The van der Waals surface area contributed by atoms with E-state index >= 15 is 0 Å². The molecule has 160 valence electrons. The van der Waals surface area contributed by atoms with Gasteiger partial charge in [0.15, 0.2) is 6.61 Å². The second kappa shape index (κ2) is 10.8. The number of nitriles is 1. The Labute approximate surface area is 191 Å². The maximum absolute atomic E-state index is 12.5. The van der Waals surface area contributed by atoms with Gasteiger partial charge in [-0.05, 0) is 60.5 Å². The van der Waals surface area contributed by atoms with Crippen LogP contribution in [0.25, 0.3) is 6.08 Å². The summed E-state index contributed by atoms with van der Waals surface area (Å²) >= 11 is 6.05. The number of carbonyl (C=O) groups excluding carboxylic acids is 2. The van der Waals surface area contributed by atoms with Crippen LogP contribution in [0.4, 0.5) is 11.4 Å². The minimum atomic E-state index is -0.579. The first-order valence-corrected chi connectivity index (χ1v) is 10.1. The maximum atomic E-state index is 12.5. The molecule has 0 aliphatic heterocycles. The Kier molecular flexibility index (Phi) is 7.63. The first kappa shape index (κ1) is 22.6. The SMILES string of the molecule is Cc1cccc(NC(=O)COc2cccc(/C=C(\C#N)C(=O)Nc3ccccc3Cl)c2)c1. The van der Waals surface area contributed by atoms with Gasteiger partial charge in [0.2, 0.25) is 0 Å². The lowest BCUT2D eigenvalue weighted by molar-refractivity contribution is -0.118. The third-order valence-corrected chi connectivity index (χ3v) is 4.66. The van der Waals surface area contributed by atoms with Crippen LogP contribution >= 0.6 is 11.6 Å². The number of ether oxygens (including phenoxy) is 1. The zero-order valence-electron chi connectivity index (χ0n) is 17.3. The molecule has 2 N–H and O–H groups in total. The van der Waals surface area contributed by atoms with Gasteiger partial charge in [-0.1, -0.05) is 48.0 Å². The van der Waals surface area contributed by atoms with E-state index in [2.05, 4.69) is 10.6 Å². The number of benzene rings is 3. The molecule has 0 aromatic heterocycles. The quantitative estimate of drug-likeness (QED) is 0.385. The molecule has 0 saturated carbocycles. The van der Waals surface area contributed by atoms with E-state index in [4.69, 9.17) is 16.3 Å². The third kappa shape index (κ3) is 6.46. The zero-order valence-corrected chi connectivity index (χ0v) is 18.0. The number of carbonyl (C=O) groups is 2. The normalized spacial score (nSPS) is 10.7. The van der Waals surface area contributed by atoms with Crippen LogP contribution in [0.2, 0.25) is 5.02 Å². The van der Waals surface area contributed by atoms with Crippen molar-refractivity contribution in [3.8, 4) is 11.8 Å². The summed E-state index contributed by atoms with van der Waals surface area (Å²) in [7, 11) is 0. The van der Waals surface area contributed by atoms with Gasteiger partial charge in [-0.2, -0.15) is 5.26 Å². The highest BCUT2D eigenvalue weighted by atomic mass is 35.5. The predicted octanol–water partition coefficient (Wildman–Crippen LogP) is 5.21. The molecule has 2 amide bonds. The summed E-state index contributed by atoms with van der Waals surface area (Å²) in [6.07, 6.45) is 1.44. The van der Waals surface area contributed by atoms with Crippen LogP contribution in [0.5, 0.6) is 5.75 Å². The number of para-hydroxylation sites is 1. The lowest BCUT2D eigenvalue weighted by atomic mass is 10.1. The van der Waals surface area contributed by atoms with Crippen LogP contribution in [0.1, 0.15) is 11.1 Å². The van der Waals surface area contributed by atoms with Crippen molar-refractivity contribution in [1.29, 1.82) is 5.26 Å². The fraction of sp³-hybridized carbons (Fsp3) is 0.0800. The van der Waals surface area contributed by atoms with E-state index in [0.29, 0.717) is 27.7 Å². The molecule has 0 atom stereocenters. The number of halogens is 1. The molecule has 32 heavy (non-hydrogen) atoms. The van der Waals surface area contributed by atoms with Crippen molar-refractivity contribution in [3.63, 3.8) is 0 Å².